The summed E-state index contributed by atoms with van der Waals surface area (Å²) in [4.78, 5) is 0. The van der Waals surface area contributed by atoms with E-state index >= 15 is 0 Å². The van der Waals surface area contributed by atoms with Crippen LogP contribution in [0.5, 0.6) is 0 Å². The maximum Gasteiger partial charge on any atom is 0.285 e. The minimum absolute atomic E-state index is 0.159. The Morgan fingerprint density at radius 2 is 1.23 bits per heavy atom. The van der Waals surface area contributed by atoms with Gasteiger partial charge < -0.3 is 18.9 Å². The van der Waals surface area contributed by atoms with Crippen LogP contribution in [0.4, 0.5) is 0 Å². The van der Waals surface area contributed by atoms with Gasteiger partial charge in [0, 0.05) is 5.92 Å². The highest BCUT2D eigenvalue weighted by molar-refractivity contribution is 4.72. The van der Waals surface area contributed by atoms with E-state index < -0.39 is 5.97 Å². The maximum atomic E-state index is 6.22. The summed E-state index contributed by atoms with van der Waals surface area (Å²) in [5.74, 6) is -0.759. The fourth-order valence-electron chi connectivity index (χ4n) is 2.51. The minimum Gasteiger partial charge on any atom is -0.502 e. The Balaban J connectivity index is 4.78. The Hall–Kier alpha value is -0.580. The Morgan fingerprint density at radius 3 is 1.65 bits per heavy atom. The van der Waals surface area contributed by atoms with Crippen molar-refractivity contribution in [3.63, 3.8) is 0 Å². The summed E-state index contributed by atoms with van der Waals surface area (Å²) < 4.78 is 24.2. The molecule has 156 valence electrons. The first-order chi connectivity index (χ1) is 12.7. The van der Waals surface area contributed by atoms with Gasteiger partial charge >= 0.3 is 0 Å². The molecule has 4 heteroatoms. The molecule has 26 heavy (non-hydrogen) atoms. The second-order valence-corrected chi connectivity index (χ2v) is 6.90. The van der Waals surface area contributed by atoms with Gasteiger partial charge in [-0.25, -0.2) is 0 Å². The monoisotopic (exact) mass is 372 g/mol. The summed E-state index contributed by atoms with van der Waals surface area (Å²) in [7, 11) is 0. The molecule has 0 aromatic heterocycles. The van der Waals surface area contributed by atoms with Gasteiger partial charge in [-0.1, -0.05) is 60.0 Å². The lowest BCUT2D eigenvalue weighted by Crippen LogP contribution is -2.46. The van der Waals surface area contributed by atoms with Crippen LogP contribution in [0.3, 0.4) is 0 Å². The van der Waals surface area contributed by atoms with Crippen molar-refractivity contribution in [1.82, 2.24) is 0 Å². The molecule has 0 radical (unpaired) electrons. The van der Waals surface area contributed by atoms with Gasteiger partial charge in [-0.05, 0) is 38.5 Å². The molecule has 0 aliphatic carbocycles. The van der Waals surface area contributed by atoms with Crippen LogP contribution in [0.1, 0.15) is 92.4 Å². The lowest BCUT2D eigenvalue weighted by molar-refractivity contribution is -0.404. The fourth-order valence-corrected chi connectivity index (χ4v) is 2.51. The number of rotatable bonds is 19. The standard InChI is InChI=1S/C22H44O4/c1-6-10-16-23-17-14-15-21(5)22(24-18-11-7-2,25-19-12-8-3)26-20-13-9-4/h10,16,21H,6-9,11-15,17-20H2,1-5H3. The van der Waals surface area contributed by atoms with Crippen molar-refractivity contribution in [2.24, 2.45) is 5.92 Å². The Labute approximate surface area is 162 Å². The topological polar surface area (TPSA) is 36.9 Å². The summed E-state index contributed by atoms with van der Waals surface area (Å²) >= 11 is 0. The van der Waals surface area contributed by atoms with Crippen molar-refractivity contribution in [3.8, 4) is 0 Å². The van der Waals surface area contributed by atoms with Gasteiger partial charge in [0.1, 0.15) is 0 Å². The Morgan fingerprint density at radius 1 is 0.731 bits per heavy atom. The lowest BCUT2D eigenvalue weighted by Gasteiger charge is -2.38. The first-order valence-corrected chi connectivity index (χ1v) is 10.8. The van der Waals surface area contributed by atoms with Crippen molar-refractivity contribution >= 4 is 0 Å². The van der Waals surface area contributed by atoms with E-state index in [1.165, 1.54) is 0 Å². The molecule has 0 aromatic carbocycles. The van der Waals surface area contributed by atoms with Crippen LogP contribution < -0.4 is 0 Å². The largest absolute Gasteiger partial charge is 0.502 e. The molecule has 1 atom stereocenters. The highest BCUT2D eigenvalue weighted by Gasteiger charge is 2.39. The van der Waals surface area contributed by atoms with E-state index in [0.29, 0.717) is 19.8 Å². The van der Waals surface area contributed by atoms with Crippen LogP contribution in [0, 0.1) is 5.92 Å². The van der Waals surface area contributed by atoms with Crippen molar-refractivity contribution in [2.75, 3.05) is 26.4 Å². The molecular weight excluding hydrogens is 328 g/mol. The van der Waals surface area contributed by atoms with Crippen LogP contribution in [0.2, 0.25) is 0 Å². The van der Waals surface area contributed by atoms with E-state index in [1.807, 2.05) is 6.08 Å². The van der Waals surface area contributed by atoms with E-state index in [1.54, 1.807) is 6.26 Å². The van der Waals surface area contributed by atoms with Gasteiger partial charge in [0.15, 0.2) is 0 Å². The third-order valence-electron chi connectivity index (χ3n) is 4.33. The van der Waals surface area contributed by atoms with Gasteiger partial charge in [-0.3, -0.25) is 0 Å². The normalized spacial score (nSPS) is 13.4. The van der Waals surface area contributed by atoms with Gasteiger partial charge in [-0.15, -0.1) is 0 Å². The van der Waals surface area contributed by atoms with E-state index in [9.17, 15) is 0 Å². The van der Waals surface area contributed by atoms with Gasteiger partial charge in [-0.2, -0.15) is 0 Å². The average molecular weight is 373 g/mol. The zero-order valence-electron chi connectivity index (χ0n) is 18.1. The maximum absolute atomic E-state index is 6.22. The van der Waals surface area contributed by atoms with E-state index in [-0.39, 0.29) is 5.92 Å². The fraction of sp³-hybridized carbons (Fsp3) is 0.909. The smallest absolute Gasteiger partial charge is 0.285 e. The van der Waals surface area contributed by atoms with E-state index in [0.717, 1.165) is 64.4 Å². The van der Waals surface area contributed by atoms with Gasteiger partial charge in [0.2, 0.25) is 0 Å². The lowest BCUT2D eigenvalue weighted by atomic mass is 10.0. The quantitative estimate of drug-likeness (QED) is 0.148. The summed E-state index contributed by atoms with van der Waals surface area (Å²) in [5, 5.41) is 0. The van der Waals surface area contributed by atoms with Crippen LogP contribution in [0.25, 0.3) is 0 Å². The third kappa shape index (κ3) is 11.9. The van der Waals surface area contributed by atoms with Gasteiger partial charge in [0.05, 0.1) is 32.7 Å². The molecule has 0 amide bonds. The zero-order valence-corrected chi connectivity index (χ0v) is 18.1. The average Bonchev–Trinajstić information content (AvgIpc) is 2.64. The molecule has 4 nitrogen and oxygen atoms in total. The molecule has 1 unspecified atom stereocenters. The van der Waals surface area contributed by atoms with E-state index in [4.69, 9.17) is 18.9 Å². The van der Waals surface area contributed by atoms with Crippen LogP contribution in [-0.4, -0.2) is 32.4 Å². The molecule has 0 N–H and O–H groups in total. The molecule has 0 aromatic rings. The molecule has 0 spiro atoms. The van der Waals surface area contributed by atoms with Crippen molar-refractivity contribution in [2.45, 2.75) is 98.4 Å². The highest BCUT2D eigenvalue weighted by Crippen LogP contribution is 2.30. The Kier molecular flexibility index (Phi) is 17.4. The second kappa shape index (κ2) is 17.8. The number of allylic oxidation sites excluding steroid dienone is 1. The van der Waals surface area contributed by atoms with Crippen LogP contribution in [0.15, 0.2) is 12.3 Å². The molecule has 0 heterocycles. The SMILES string of the molecule is CCC=COCCCC(C)C(OCCCC)(OCCCC)OCCCC. The summed E-state index contributed by atoms with van der Waals surface area (Å²) in [6.45, 7) is 13.5. The van der Waals surface area contributed by atoms with Crippen LogP contribution in [-0.2, 0) is 18.9 Å². The molecule has 0 saturated carbocycles. The first kappa shape index (κ1) is 25.4. The number of ether oxygens (including phenoxy) is 4. The summed E-state index contributed by atoms with van der Waals surface area (Å²) in [6.07, 6.45) is 13.1. The molecule has 0 fully saturated rings. The van der Waals surface area contributed by atoms with Crippen molar-refractivity contribution in [3.05, 3.63) is 12.3 Å². The predicted molar refractivity (Wildman–Crippen MR) is 109 cm³/mol. The van der Waals surface area contributed by atoms with Crippen molar-refractivity contribution in [1.29, 1.82) is 0 Å². The predicted octanol–water partition coefficient (Wildman–Crippen LogP) is 6.45. The summed E-state index contributed by atoms with van der Waals surface area (Å²) in [5.41, 5.74) is 0. The number of hydrogen-bond acceptors (Lipinski definition) is 4. The number of unbranched alkanes of at least 4 members (excludes halogenated alkanes) is 3. The van der Waals surface area contributed by atoms with Gasteiger partial charge in [0.25, 0.3) is 5.97 Å². The molecule has 0 rings (SSSR count). The van der Waals surface area contributed by atoms with Crippen LogP contribution >= 0.6 is 0 Å². The third-order valence-corrected chi connectivity index (χ3v) is 4.33. The van der Waals surface area contributed by atoms with E-state index in [2.05, 4.69) is 34.6 Å². The molecular formula is C22H44O4. The Bertz CT molecular complexity index is 291. The molecule has 0 aliphatic rings. The highest BCUT2D eigenvalue weighted by atomic mass is 16.9. The molecule has 0 bridgehead atoms. The zero-order chi connectivity index (χ0) is 19.5. The molecule has 0 aliphatic heterocycles. The first-order valence-electron chi connectivity index (χ1n) is 10.8. The summed E-state index contributed by atoms with van der Waals surface area (Å²) in [6, 6.07) is 0. The van der Waals surface area contributed by atoms with Crippen molar-refractivity contribution < 1.29 is 18.9 Å². The minimum atomic E-state index is -0.918. The number of hydrogen-bond donors (Lipinski definition) is 0. The second-order valence-electron chi connectivity index (χ2n) is 6.90. The molecule has 0 saturated heterocycles.